The highest BCUT2D eigenvalue weighted by atomic mass is 16.4. The predicted octanol–water partition coefficient (Wildman–Crippen LogP) is 1.78. The van der Waals surface area contributed by atoms with Gasteiger partial charge in [-0.2, -0.15) is 0 Å². The number of hydrogen-bond acceptors (Lipinski definition) is 4. The van der Waals surface area contributed by atoms with Gasteiger partial charge in [0, 0.05) is 37.6 Å². The van der Waals surface area contributed by atoms with Crippen molar-refractivity contribution in [1.29, 1.82) is 0 Å². The molecule has 19 heavy (non-hydrogen) atoms. The van der Waals surface area contributed by atoms with Gasteiger partial charge < -0.3 is 10.0 Å². The van der Waals surface area contributed by atoms with Crippen molar-refractivity contribution in [3.05, 3.63) is 54.0 Å². The van der Waals surface area contributed by atoms with E-state index >= 15 is 0 Å². The predicted molar refractivity (Wildman–Crippen MR) is 70.4 cm³/mol. The summed E-state index contributed by atoms with van der Waals surface area (Å²) in [5, 5.41) is 8.82. The number of carboxylic acids is 1. The maximum absolute atomic E-state index is 10.7. The fraction of sp³-hybridized carbons (Fsp3) is 0.214. The van der Waals surface area contributed by atoms with Crippen LogP contribution in [-0.4, -0.2) is 34.1 Å². The van der Waals surface area contributed by atoms with E-state index in [0.29, 0.717) is 5.92 Å². The number of carbonyl (C=O) groups is 1. The third-order valence-corrected chi connectivity index (χ3v) is 3.38. The summed E-state index contributed by atoms with van der Waals surface area (Å²) < 4.78 is 0. The van der Waals surface area contributed by atoms with Crippen LogP contribution in [0.15, 0.2) is 42.9 Å². The van der Waals surface area contributed by atoms with Gasteiger partial charge in [-0.3, -0.25) is 4.98 Å². The lowest BCUT2D eigenvalue weighted by molar-refractivity contribution is 0.0696. The highest BCUT2D eigenvalue weighted by molar-refractivity contribution is 5.87. The maximum Gasteiger partial charge on any atom is 0.337 e. The first-order chi connectivity index (χ1) is 9.24. The number of nitrogens with zero attached hydrogens (tertiary/aromatic N) is 3. The third kappa shape index (κ3) is 2.27. The van der Waals surface area contributed by atoms with E-state index in [0.717, 1.165) is 18.9 Å². The molecule has 2 aromatic rings. The summed E-state index contributed by atoms with van der Waals surface area (Å²) in [6.45, 7) is 1.81. The van der Waals surface area contributed by atoms with Crippen molar-refractivity contribution in [3.8, 4) is 0 Å². The van der Waals surface area contributed by atoms with Crippen LogP contribution in [0.3, 0.4) is 0 Å². The Morgan fingerprint density at radius 2 is 1.95 bits per heavy atom. The van der Waals surface area contributed by atoms with E-state index < -0.39 is 5.97 Å². The zero-order valence-electron chi connectivity index (χ0n) is 10.2. The quantitative estimate of drug-likeness (QED) is 0.905. The van der Waals surface area contributed by atoms with Crippen molar-refractivity contribution in [1.82, 2.24) is 9.97 Å². The highest BCUT2D eigenvalue weighted by Gasteiger charge is 2.28. The Labute approximate surface area is 110 Å². The number of aromatic carboxylic acids is 1. The van der Waals surface area contributed by atoms with Crippen LogP contribution >= 0.6 is 0 Å². The van der Waals surface area contributed by atoms with Gasteiger partial charge in [0.15, 0.2) is 0 Å². The van der Waals surface area contributed by atoms with Gasteiger partial charge >= 0.3 is 5.97 Å². The second-order valence-electron chi connectivity index (χ2n) is 4.59. The molecular weight excluding hydrogens is 242 g/mol. The Balaban J connectivity index is 1.66. The van der Waals surface area contributed by atoms with Gasteiger partial charge in [-0.1, -0.05) is 0 Å². The van der Waals surface area contributed by atoms with E-state index in [4.69, 9.17) is 5.11 Å². The smallest absolute Gasteiger partial charge is 0.337 e. The summed E-state index contributed by atoms with van der Waals surface area (Å²) in [7, 11) is 0. The fourth-order valence-electron chi connectivity index (χ4n) is 2.21. The van der Waals surface area contributed by atoms with Crippen LogP contribution in [0.5, 0.6) is 0 Å². The van der Waals surface area contributed by atoms with Crippen LogP contribution < -0.4 is 4.90 Å². The van der Waals surface area contributed by atoms with Gasteiger partial charge in [-0.25, -0.2) is 9.78 Å². The molecule has 0 aliphatic carbocycles. The topological polar surface area (TPSA) is 66.3 Å². The second-order valence-corrected chi connectivity index (χ2v) is 4.59. The molecule has 5 heteroatoms. The molecule has 0 amide bonds. The number of pyridine rings is 2. The molecule has 1 aliphatic rings. The monoisotopic (exact) mass is 255 g/mol. The van der Waals surface area contributed by atoms with Gasteiger partial charge in [-0.15, -0.1) is 0 Å². The van der Waals surface area contributed by atoms with Crippen molar-refractivity contribution >= 4 is 11.8 Å². The van der Waals surface area contributed by atoms with Gasteiger partial charge in [0.25, 0.3) is 0 Å². The SMILES string of the molecule is O=C(O)c1ccc(N2CC(c3ccncc3)C2)nc1. The first kappa shape index (κ1) is 11.6. The van der Waals surface area contributed by atoms with Crippen LogP contribution in [0.25, 0.3) is 0 Å². The Kier molecular flexibility index (Phi) is 2.87. The molecule has 1 aliphatic heterocycles. The molecule has 0 radical (unpaired) electrons. The summed E-state index contributed by atoms with van der Waals surface area (Å²) in [6, 6.07) is 7.41. The van der Waals surface area contributed by atoms with E-state index in [2.05, 4.69) is 14.9 Å². The van der Waals surface area contributed by atoms with Crippen LogP contribution in [0.2, 0.25) is 0 Å². The number of rotatable bonds is 3. The molecule has 0 unspecified atom stereocenters. The van der Waals surface area contributed by atoms with Gasteiger partial charge in [-0.05, 0) is 29.8 Å². The fourth-order valence-corrected chi connectivity index (χ4v) is 2.21. The molecule has 1 saturated heterocycles. The van der Waals surface area contributed by atoms with Crippen molar-refractivity contribution in [2.24, 2.45) is 0 Å². The summed E-state index contributed by atoms with van der Waals surface area (Å²) in [5.41, 5.74) is 1.50. The zero-order valence-corrected chi connectivity index (χ0v) is 10.2. The van der Waals surface area contributed by atoms with Crippen molar-refractivity contribution in [3.63, 3.8) is 0 Å². The molecule has 5 nitrogen and oxygen atoms in total. The van der Waals surface area contributed by atoms with Gasteiger partial charge in [0.2, 0.25) is 0 Å². The van der Waals surface area contributed by atoms with Crippen LogP contribution in [0, 0.1) is 0 Å². The number of aromatic nitrogens is 2. The first-order valence-corrected chi connectivity index (χ1v) is 6.08. The average molecular weight is 255 g/mol. The number of hydrogen-bond donors (Lipinski definition) is 1. The van der Waals surface area contributed by atoms with E-state index in [1.54, 1.807) is 24.5 Å². The molecule has 1 fully saturated rings. The Hall–Kier alpha value is -2.43. The standard InChI is InChI=1S/C14H13N3O2/c18-14(19)11-1-2-13(16-7-11)17-8-12(9-17)10-3-5-15-6-4-10/h1-7,12H,8-9H2,(H,18,19). The molecule has 96 valence electrons. The molecule has 0 bridgehead atoms. The van der Waals surface area contributed by atoms with E-state index in [-0.39, 0.29) is 5.56 Å². The molecule has 3 heterocycles. The summed E-state index contributed by atoms with van der Waals surface area (Å²) in [5.74, 6) is 0.386. The molecular formula is C14H13N3O2. The molecule has 0 aromatic carbocycles. The minimum Gasteiger partial charge on any atom is -0.478 e. The van der Waals surface area contributed by atoms with Crippen LogP contribution in [-0.2, 0) is 0 Å². The Morgan fingerprint density at radius 1 is 1.21 bits per heavy atom. The van der Waals surface area contributed by atoms with Crippen molar-refractivity contribution in [2.75, 3.05) is 18.0 Å². The summed E-state index contributed by atoms with van der Waals surface area (Å²) in [6.07, 6.45) is 5.01. The van der Waals surface area contributed by atoms with E-state index in [1.165, 1.54) is 11.8 Å². The number of anilines is 1. The zero-order chi connectivity index (χ0) is 13.2. The van der Waals surface area contributed by atoms with Gasteiger partial charge in [0.1, 0.15) is 5.82 Å². The lowest BCUT2D eigenvalue weighted by Gasteiger charge is -2.40. The van der Waals surface area contributed by atoms with Gasteiger partial charge in [0.05, 0.1) is 5.56 Å². The molecule has 3 rings (SSSR count). The maximum atomic E-state index is 10.7. The average Bonchev–Trinajstić information content (AvgIpc) is 2.39. The first-order valence-electron chi connectivity index (χ1n) is 6.08. The summed E-state index contributed by atoms with van der Waals surface area (Å²) >= 11 is 0. The van der Waals surface area contributed by atoms with Crippen molar-refractivity contribution in [2.45, 2.75) is 5.92 Å². The van der Waals surface area contributed by atoms with Crippen LogP contribution in [0.1, 0.15) is 21.8 Å². The van der Waals surface area contributed by atoms with E-state index in [1.807, 2.05) is 12.1 Å². The Bertz CT molecular complexity index is 577. The lowest BCUT2D eigenvalue weighted by Crippen LogP contribution is -2.45. The molecule has 0 atom stereocenters. The Morgan fingerprint density at radius 3 is 2.53 bits per heavy atom. The van der Waals surface area contributed by atoms with Crippen molar-refractivity contribution < 1.29 is 9.90 Å². The number of carboxylic acid groups (broad SMARTS) is 1. The lowest BCUT2D eigenvalue weighted by atomic mass is 9.92. The minimum absolute atomic E-state index is 0.218. The molecule has 2 aromatic heterocycles. The van der Waals surface area contributed by atoms with Crippen LogP contribution in [0.4, 0.5) is 5.82 Å². The molecule has 0 saturated carbocycles. The second kappa shape index (κ2) is 4.68. The molecule has 1 N–H and O–H groups in total. The normalized spacial score (nSPS) is 15.1. The van der Waals surface area contributed by atoms with E-state index in [9.17, 15) is 4.79 Å². The highest BCUT2D eigenvalue weighted by Crippen LogP contribution is 2.29. The minimum atomic E-state index is -0.947. The summed E-state index contributed by atoms with van der Waals surface area (Å²) in [4.78, 5) is 21.1. The molecule has 0 spiro atoms. The largest absolute Gasteiger partial charge is 0.478 e. The third-order valence-electron chi connectivity index (χ3n) is 3.38.